The van der Waals surface area contributed by atoms with Gasteiger partial charge in [-0.05, 0) is 18.2 Å². The van der Waals surface area contributed by atoms with E-state index in [4.69, 9.17) is 11.6 Å². The first kappa shape index (κ1) is 13.2. The molecule has 2 rings (SSSR count). The second-order valence-corrected chi connectivity index (χ2v) is 4.86. The van der Waals surface area contributed by atoms with Crippen LogP contribution in [0.25, 0.3) is 0 Å². The van der Waals surface area contributed by atoms with E-state index in [1.807, 2.05) is 5.38 Å². The van der Waals surface area contributed by atoms with Crippen molar-refractivity contribution in [3.05, 3.63) is 45.4 Å². The average Bonchev–Trinajstić information content (AvgIpc) is 2.79. The highest BCUT2D eigenvalue weighted by molar-refractivity contribution is 7.09. The van der Waals surface area contributed by atoms with Crippen LogP contribution in [0.3, 0.4) is 0 Å². The van der Waals surface area contributed by atoms with Gasteiger partial charge in [-0.25, -0.2) is 4.98 Å². The van der Waals surface area contributed by atoms with Crippen molar-refractivity contribution in [2.45, 2.75) is 12.7 Å². The van der Waals surface area contributed by atoms with Gasteiger partial charge in [0.1, 0.15) is 5.01 Å². The molecule has 96 valence electrons. The number of hydrogen-bond acceptors (Lipinski definition) is 3. The van der Waals surface area contributed by atoms with Crippen molar-refractivity contribution in [3.8, 4) is 0 Å². The van der Waals surface area contributed by atoms with Crippen molar-refractivity contribution in [2.75, 3.05) is 5.32 Å². The molecule has 2 nitrogen and oxygen atoms in total. The summed E-state index contributed by atoms with van der Waals surface area (Å²) < 4.78 is 37.3. The highest BCUT2D eigenvalue weighted by atomic mass is 35.5. The van der Waals surface area contributed by atoms with Crippen molar-refractivity contribution < 1.29 is 13.2 Å². The van der Waals surface area contributed by atoms with E-state index in [0.29, 0.717) is 12.2 Å². The standard InChI is InChI=1S/C11H8ClF3N2S/c12-8-5-7(11(13,14)15)1-2-9(8)17-6-10-16-3-4-18-10/h1-5,17H,6H2. The second kappa shape index (κ2) is 5.16. The molecule has 0 saturated carbocycles. The third kappa shape index (κ3) is 3.14. The van der Waals surface area contributed by atoms with Crippen molar-refractivity contribution >= 4 is 28.6 Å². The van der Waals surface area contributed by atoms with Crippen LogP contribution in [0, 0.1) is 0 Å². The first-order valence-electron chi connectivity index (χ1n) is 4.96. The Morgan fingerprint density at radius 3 is 2.67 bits per heavy atom. The van der Waals surface area contributed by atoms with Crippen molar-refractivity contribution in [1.29, 1.82) is 0 Å². The van der Waals surface area contributed by atoms with Crippen LogP contribution in [0.1, 0.15) is 10.6 Å². The fraction of sp³-hybridized carbons (Fsp3) is 0.182. The van der Waals surface area contributed by atoms with Gasteiger partial charge in [-0.3, -0.25) is 0 Å². The summed E-state index contributed by atoms with van der Waals surface area (Å²) in [6.45, 7) is 0.433. The topological polar surface area (TPSA) is 24.9 Å². The number of nitrogens with one attached hydrogen (secondary N) is 1. The molecule has 0 aliphatic rings. The molecule has 1 aromatic carbocycles. The van der Waals surface area contributed by atoms with Gasteiger partial charge in [0.2, 0.25) is 0 Å². The first-order valence-corrected chi connectivity index (χ1v) is 6.21. The Bertz CT molecular complexity index is 526. The zero-order valence-corrected chi connectivity index (χ0v) is 10.5. The fourth-order valence-corrected chi connectivity index (χ4v) is 2.15. The van der Waals surface area contributed by atoms with E-state index in [9.17, 15) is 13.2 Å². The molecule has 0 unspecified atom stereocenters. The Hall–Kier alpha value is -1.27. The predicted molar refractivity (Wildman–Crippen MR) is 65.9 cm³/mol. The summed E-state index contributed by atoms with van der Waals surface area (Å²) in [6.07, 6.45) is -2.71. The number of aromatic nitrogens is 1. The average molecular weight is 293 g/mol. The van der Waals surface area contributed by atoms with E-state index >= 15 is 0 Å². The van der Waals surface area contributed by atoms with Crippen LogP contribution < -0.4 is 5.32 Å². The third-order valence-corrected chi connectivity index (χ3v) is 3.30. The molecular weight excluding hydrogens is 285 g/mol. The molecule has 0 spiro atoms. The van der Waals surface area contributed by atoms with Gasteiger partial charge >= 0.3 is 6.18 Å². The summed E-state index contributed by atoms with van der Waals surface area (Å²) in [7, 11) is 0. The number of hydrogen-bond donors (Lipinski definition) is 1. The molecule has 1 N–H and O–H groups in total. The number of benzene rings is 1. The molecule has 0 amide bonds. The van der Waals surface area contributed by atoms with Crippen molar-refractivity contribution in [1.82, 2.24) is 4.98 Å². The molecule has 7 heteroatoms. The molecule has 0 radical (unpaired) electrons. The normalized spacial score (nSPS) is 11.6. The Morgan fingerprint density at radius 1 is 1.33 bits per heavy atom. The highest BCUT2D eigenvalue weighted by Gasteiger charge is 2.30. The van der Waals surface area contributed by atoms with Crippen LogP contribution >= 0.6 is 22.9 Å². The van der Waals surface area contributed by atoms with Crippen LogP contribution in [-0.2, 0) is 12.7 Å². The molecule has 0 aliphatic carbocycles. The van der Waals surface area contributed by atoms with Gasteiger partial charge < -0.3 is 5.32 Å². The number of rotatable bonds is 3. The van der Waals surface area contributed by atoms with E-state index in [1.54, 1.807) is 6.20 Å². The molecule has 0 fully saturated rings. The molecule has 0 saturated heterocycles. The molecule has 0 bridgehead atoms. The van der Waals surface area contributed by atoms with Crippen LogP contribution in [-0.4, -0.2) is 4.98 Å². The number of anilines is 1. The Kier molecular flexibility index (Phi) is 3.77. The summed E-state index contributed by atoms with van der Waals surface area (Å²) in [5.74, 6) is 0. The van der Waals surface area contributed by atoms with E-state index < -0.39 is 11.7 Å². The summed E-state index contributed by atoms with van der Waals surface area (Å²) in [5, 5.41) is 5.65. The SMILES string of the molecule is FC(F)(F)c1ccc(NCc2nccs2)c(Cl)c1. The van der Waals surface area contributed by atoms with E-state index in [2.05, 4.69) is 10.3 Å². The molecule has 1 aromatic heterocycles. The Labute approximate surface area is 110 Å². The van der Waals surface area contributed by atoms with Gasteiger partial charge in [0.15, 0.2) is 0 Å². The molecule has 0 atom stereocenters. The minimum atomic E-state index is -4.38. The number of halogens is 4. The predicted octanol–water partition coefficient (Wildman–Crippen LogP) is 4.43. The molecule has 18 heavy (non-hydrogen) atoms. The van der Waals surface area contributed by atoms with Crippen LogP contribution in [0.5, 0.6) is 0 Å². The maximum absolute atomic E-state index is 12.4. The van der Waals surface area contributed by atoms with Crippen molar-refractivity contribution in [3.63, 3.8) is 0 Å². The smallest absolute Gasteiger partial charge is 0.377 e. The first-order chi connectivity index (χ1) is 8.47. The highest BCUT2D eigenvalue weighted by Crippen LogP contribution is 2.33. The second-order valence-electron chi connectivity index (χ2n) is 3.47. The van der Waals surface area contributed by atoms with Gasteiger partial charge in [-0.15, -0.1) is 11.3 Å². The number of thiazole rings is 1. The molecule has 2 aromatic rings. The molecule has 1 heterocycles. The lowest BCUT2D eigenvalue weighted by molar-refractivity contribution is -0.137. The van der Waals surface area contributed by atoms with E-state index in [0.717, 1.165) is 17.1 Å². The quantitative estimate of drug-likeness (QED) is 0.905. The van der Waals surface area contributed by atoms with Crippen LogP contribution in [0.2, 0.25) is 5.02 Å². The summed E-state index contributed by atoms with van der Waals surface area (Å²) >= 11 is 7.25. The van der Waals surface area contributed by atoms with E-state index in [1.165, 1.54) is 17.4 Å². The summed E-state index contributed by atoms with van der Waals surface area (Å²) in [5.41, 5.74) is -0.299. The minimum Gasteiger partial charge on any atom is -0.377 e. The number of nitrogens with zero attached hydrogens (tertiary/aromatic N) is 1. The van der Waals surface area contributed by atoms with Gasteiger partial charge in [-0.1, -0.05) is 11.6 Å². The summed E-state index contributed by atoms with van der Waals surface area (Å²) in [4.78, 5) is 4.05. The zero-order chi connectivity index (χ0) is 13.2. The van der Waals surface area contributed by atoms with Gasteiger partial charge in [0, 0.05) is 11.6 Å². The Morgan fingerprint density at radius 2 is 2.11 bits per heavy atom. The summed E-state index contributed by atoms with van der Waals surface area (Å²) in [6, 6.07) is 3.22. The van der Waals surface area contributed by atoms with Gasteiger partial charge in [0.05, 0.1) is 22.8 Å². The van der Waals surface area contributed by atoms with Gasteiger partial charge in [0.25, 0.3) is 0 Å². The zero-order valence-electron chi connectivity index (χ0n) is 8.96. The number of alkyl halides is 3. The maximum Gasteiger partial charge on any atom is 0.416 e. The minimum absolute atomic E-state index is 0.0429. The third-order valence-electron chi connectivity index (χ3n) is 2.21. The lowest BCUT2D eigenvalue weighted by Gasteiger charge is -2.10. The Balaban J connectivity index is 2.10. The monoisotopic (exact) mass is 292 g/mol. The van der Waals surface area contributed by atoms with Crippen molar-refractivity contribution in [2.24, 2.45) is 0 Å². The largest absolute Gasteiger partial charge is 0.416 e. The van der Waals surface area contributed by atoms with Gasteiger partial charge in [-0.2, -0.15) is 13.2 Å². The molecular formula is C11H8ClF3N2S. The van der Waals surface area contributed by atoms with Crippen LogP contribution in [0.4, 0.5) is 18.9 Å². The fourth-order valence-electron chi connectivity index (χ4n) is 1.35. The lowest BCUT2D eigenvalue weighted by atomic mass is 10.2. The molecule has 0 aliphatic heterocycles. The van der Waals surface area contributed by atoms with Crippen LogP contribution in [0.15, 0.2) is 29.8 Å². The van der Waals surface area contributed by atoms with E-state index in [-0.39, 0.29) is 5.02 Å². The maximum atomic E-state index is 12.4. The lowest BCUT2D eigenvalue weighted by Crippen LogP contribution is -2.06.